The summed E-state index contributed by atoms with van der Waals surface area (Å²) in [5.74, 6) is 0.382. The molecule has 2 unspecified atom stereocenters. The van der Waals surface area contributed by atoms with E-state index in [0.29, 0.717) is 56.4 Å². The van der Waals surface area contributed by atoms with E-state index < -0.39 is 23.0 Å². The van der Waals surface area contributed by atoms with Crippen molar-refractivity contribution in [2.45, 2.75) is 84.8 Å². The molecule has 2 aromatic carbocycles. The van der Waals surface area contributed by atoms with Gasteiger partial charge in [0.05, 0.1) is 23.0 Å². The fourth-order valence-electron chi connectivity index (χ4n) is 3.60. The Morgan fingerprint density at radius 2 is 1.00 bits per heavy atom. The van der Waals surface area contributed by atoms with Crippen molar-refractivity contribution < 1.29 is 29.3 Å². The average Bonchev–Trinajstić information content (AvgIpc) is 2.83. The lowest BCUT2D eigenvalue weighted by molar-refractivity contribution is -0.145. The normalized spacial score (nSPS) is 13.7. The molecule has 0 bridgehead atoms. The van der Waals surface area contributed by atoms with Crippen LogP contribution in [0.15, 0.2) is 60.7 Å². The van der Waals surface area contributed by atoms with Crippen LogP contribution in [0.3, 0.4) is 0 Å². The minimum Gasteiger partial charge on any atom is -0.426 e. The van der Waals surface area contributed by atoms with Crippen LogP contribution >= 0.6 is 0 Å². The molecule has 35 heavy (non-hydrogen) atoms. The molecule has 0 fully saturated rings. The Labute approximate surface area is 209 Å². The van der Waals surface area contributed by atoms with Crippen LogP contribution in [0.5, 0.6) is 11.5 Å². The zero-order valence-corrected chi connectivity index (χ0v) is 21.4. The van der Waals surface area contributed by atoms with Gasteiger partial charge in [0.1, 0.15) is 11.5 Å². The Morgan fingerprint density at radius 1 is 0.657 bits per heavy atom. The third-order valence-corrected chi connectivity index (χ3v) is 6.29. The van der Waals surface area contributed by atoms with E-state index in [1.165, 1.54) is 0 Å². The number of hydrogen-bond acceptors (Lipinski definition) is 6. The molecule has 0 amide bonds. The standard InChI is InChI=1S/C29H40O6/c1-28(2,26(32)34-24-14-7-5-8-15-24)20-18-22(30)12-11-13-23(31)19-21-29(3,4)27(33)35-25-16-9-6-10-17-25/h5-10,14-17,22-23,30-31H,11-13,18-21H2,1-4H3. The van der Waals surface area contributed by atoms with Crippen LogP contribution < -0.4 is 9.47 Å². The highest BCUT2D eigenvalue weighted by atomic mass is 16.5. The van der Waals surface area contributed by atoms with Gasteiger partial charge in [-0.1, -0.05) is 36.4 Å². The third-order valence-electron chi connectivity index (χ3n) is 6.29. The van der Waals surface area contributed by atoms with Gasteiger partial charge in [-0.25, -0.2) is 0 Å². The summed E-state index contributed by atoms with van der Waals surface area (Å²) in [5.41, 5.74) is -1.42. The van der Waals surface area contributed by atoms with Gasteiger partial charge in [-0.3, -0.25) is 9.59 Å². The number of esters is 2. The highest BCUT2D eigenvalue weighted by Crippen LogP contribution is 2.29. The molecule has 2 aromatic rings. The van der Waals surface area contributed by atoms with Crippen molar-refractivity contribution in [3.05, 3.63) is 60.7 Å². The molecule has 0 aliphatic rings. The van der Waals surface area contributed by atoms with Crippen LogP contribution in [0.25, 0.3) is 0 Å². The summed E-state index contributed by atoms with van der Waals surface area (Å²) < 4.78 is 10.9. The highest BCUT2D eigenvalue weighted by molar-refractivity contribution is 5.78. The van der Waals surface area contributed by atoms with Crippen LogP contribution in [-0.4, -0.2) is 34.4 Å². The van der Waals surface area contributed by atoms with Gasteiger partial charge in [-0.15, -0.1) is 0 Å². The van der Waals surface area contributed by atoms with Crippen molar-refractivity contribution in [2.75, 3.05) is 0 Å². The van der Waals surface area contributed by atoms with Gasteiger partial charge >= 0.3 is 11.9 Å². The minimum atomic E-state index is -0.712. The maximum Gasteiger partial charge on any atom is 0.316 e. The molecule has 0 aromatic heterocycles. The van der Waals surface area contributed by atoms with E-state index in [1.807, 2.05) is 64.1 Å². The monoisotopic (exact) mass is 484 g/mol. The third kappa shape index (κ3) is 10.2. The molecular weight excluding hydrogens is 444 g/mol. The Balaban J connectivity index is 1.65. The maximum absolute atomic E-state index is 12.5. The van der Waals surface area contributed by atoms with E-state index in [2.05, 4.69) is 0 Å². The molecule has 6 heteroatoms. The van der Waals surface area contributed by atoms with Crippen LogP contribution in [0.4, 0.5) is 0 Å². The van der Waals surface area contributed by atoms with E-state index in [4.69, 9.17) is 9.47 Å². The molecule has 0 radical (unpaired) electrons. The molecule has 2 atom stereocenters. The zero-order valence-electron chi connectivity index (χ0n) is 21.4. The molecular formula is C29H40O6. The van der Waals surface area contributed by atoms with Crippen LogP contribution in [0.2, 0.25) is 0 Å². The first-order valence-electron chi connectivity index (χ1n) is 12.4. The number of ether oxygens (including phenoxy) is 2. The molecule has 0 aliphatic heterocycles. The van der Waals surface area contributed by atoms with Crippen molar-refractivity contribution in [1.82, 2.24) is 0 Å². The first-order chi connectivity index (χ1) is 16.5. The number of carbonyl (C=O) groups is 2. The predicted octanol–water partition coefficient (Wildman–Crippen LogP) is 5.70. The quantitative estimate of drug-likeness (QED) is 0.264. The number of benzene rings is 2. The summed E-state index contributed by atoms with van der Waals surface area (Å²) in [4.78, 5) is 25.0. The number of aliphatic hydroxyl groups is 2. The van der Waals surface area contributed by atoms with E-state index in [0.717, 1.165) is 0 Å². The SMILES string of the molecule is CC(C)(CCC(O)CCCC(O)CCC(C)(C)C(=O)Oc1ccccc1)C(=O)Oc1ccccc1. The van der Waals surface area contributed by atoms with Crippen LogP contribution in [0.1, 0.15) is 72.6 Å². The Kier molecular flexibility index (Phi) is 10.9. The molecule has 2 rings (SSSR count). The summed E-state index contributed by atoms with van der Waals surface area (Å²) in [5, 5.41) is 20.7. The van der Waals surface area contributed by atoms with Gasteiger partial charge in [0.25, 0.3) is 0 Å². The second kappa shape index (κ2) is 13.4. The molecule has 0 saturated heterocycles. The van der Waals surface area contributed by atoms with Crippen molar-refractivity contribution in [1.29, 1.82) is 0 Å². The van der Waals surface area contributed by atoms with E-state index in [1.54, 1.807) is 24.3 Å². The van der Waals surface area contributed by atoms with Crippen molar-refractivity contribution in [3.8, 4) is 11.5 Å². The summed E-state index contributed by atoms with van der Waals surface area (Å²) in [6.07, 6.45) is 2.59. The molecule has 0 saturated carbocycles. The van der Waals surface area contributed by atoms with Gasteiger partial charge in [0, 0.05) is 0 Å². The van der Waals surface area contributed by atoms with Crippen LogP contribution in [-0.2, 0) is 9.59 Å². The highest BCUT2D eigenvalue weighted by Gasteiger charge is 2.31. The molecule has 2 N–H and O–H groups in total. The van der Waals surface area contributed by atoms with Gasteiger partial charge in [-0.05, 0) is 96.9 Å². The second-order valence-corrected chi connectivity index (χ2v) is 10.5. The summed E-state index contributed by atoms with van der Waals surface area (Å²) in [7, 11) is 0. The lowest BCUT2D eigenvalue weighted by atomic mass is 9.85. The van der Waals surface area contributed by atoms with Gasteiger partial charge in [-0.2, -0.15) is 0 Å². The molecule has 0 aliphatic carbocycles. The second-order valence-electron chi connectivity index (χ2n) is 10.5. The topological polar surface area (TPSA) is 93.1 Å². The Morgan fingerprint density at radius 3 is 1.34 bits per heavy atom. The van der Waals surface area contributed by atoms with Crippen LogP contribution in [0, 0.1) is 10.8 Å². The van der Waals surface area contributed by atoms with Crippen molar-refractivity contribution >= 4 is 11.9 Å². The first-order valence-corrected chi connectivity index (χ1v) is 12.4. The summed E-state index contributed by atoms with van der Waals surface area (Å²) in [6, 6.07) is 17.9. The average molecular weight is 485 g/mol. The largest absolute Gasteiger partial charge is 0.426 e. The zero-order chi connectivity index (χ0) is 25.9. The number of para-hydroxylation sites is 2. The fraction of sp³-hybridized carbons (Fsp3) is 0.517. The molecule has 6 nitrogen and oxygen atoms in total. The van der Waals surface area contributed by atoms with E-state index in [-0.39, 0.29) is 11.9 Å². The lowest BCUT2D eigenvalue weighted by Gasteiger charge is -2.24. The smallest absolute Gasteiger partial charge is 0.316 e. The summed E-state index contributed by atoms with van der Waals surface area (Å²) >= 11 is 0. The lowest BCUT2D eigenvalue weighted by Crippen LogP contribution is -2.30. The minimum absolute atomic E-state index is 0.320. The van der Waals surface area contributed by atoms with E-state index in [9.17, 15) is 19.8 Å². The van der Waals surface area contributed by atoms with E-state index >= 15 is 0 Å². The van der Waals surface area contributed by atoms with Gasteiger partial charge in [0.15, 0.2) is 0 Å². The Bertz CT molecular complexity index is 832. The maximum atomic E-state index is 12.5. The molecule has 192 valence electrons. The summed E-state index contributed by atoms with van der Waals surface area (Å²) in [6.45, 7) is 7.27. The number of aliphatic hydroxyl groups excluding tert-OH is 2. The van der Waals surface area contributed by atoms with Gasteiger partial charge < -0.3 is 19.7 Å². The molecule has 0 heterocycles. The Hall–Kier alpha value is -2.70. The van der Waals surface area contributed by atoms with Crippen molar-refractivity contribution in [3.63, 3.8) is 0 Å². The van der Waals surface area contributed by atoms with Gasteiger partial charge in [0.2, 0.25) is 0 Å². The number of carbonyl (C=O) groups excluding carboxylic acids is 2. The van der Waals surface area contributed by atoms with Crippen molar-refractivity contribution in [2.24, 2.45) is 10.8 Å². The number of hydrogen-bond donors (Lipinski definition) is 2. The fourth-order valence-corrected chi connectivity index (χ4v) is 3.60. The number of rotatable bonds is 14. The predicted molar refractivity (Wildman–Crippen MR) is 136 cm³/mol. The first kappa shape index (κ1) is 28.5. The molecule has 0 spiro atoms.